The van der Waals surface area contributed by atoms with E-state index in [1.54, 1.807) is 0 Å². The van der Waals surface area contributed by atoms with E-state index in [9.17, 15) is 4.39 Å². The second-order valence-corrected chi connectivity index (χ2v) is 8.95. The topological polar surface area (TPSA) is 21.3 Å². The van der Waals surface area contributed by atoms with Crippen molar-refractivity contribution < 1.29 is 13.5 Å². The average molecular weight is 404 g/mol. The number of hydrogen-bond acceptors (Lipinski definition) is 2. The first kappa shape index (κ1) is 18.4. The minimum absolute atomic E-state index is 0.118. The smallest absolute Gasteiger partial charge is 0.165 e. The molecule has 2 nitrogen and oxygen atoms in total. The molecular formula is C23H24ClF2NO. The van der Waals surface area contributed by atoms with Crippen molar-refractivity contribution in [3.63, 3.8) is 0 Å². The molecule has 0 aromatic heterocycles. The van der Waals surface area contributed by atoms with E-state index in [2.05, 4.69) is 5.32 Å². The molecule has 1 N–H and O–H groups in total. The Hall–Kier alpha value is -1.65. The van der Waals surface area contributed by atoms with Crippen LogP contribution in [0, 0.1) is 23.5 Å². The molecule has 1 saturated heterocycles. The average Bonchev–Trinajstić information content (AvgIpc) is 2.72. The van der Waals surface area contributed by atoms with Crippen molar-refractivity contribution >= 4 is 11.6 Å². The van der Waals surface area contributed by atoms with Crippen molar-refractivity contribution in [2.24, 2.45) is 11.8 Å². The van der Waals surface area contributed by atoms with E-state index in [-0.39, 0.29) is 17.5 Å². The fourth-order valence-electron chi connectivity index (χ4n) is 5.96. The van der Waals surface area contributed by atoms with E-state index in [1.165, 1.54) is 12.1 Å². The summed E-state index contributed by atoms with van der Waals surface area (Å²) in [6, 6.07) is 10.6. The van der Waals surface area contributed by atoms with Crippen LogP contribution >= 0.6 is 11.6 Å². The maximum atomic E-state index is 15.2. The highest BCUT2D eigenvalue weighted by molar-refractivity contribution is 6.30. The molecule has 2 aromatic rings. The van der Waals surface area contributed by atoms with Crippen molar-refractivity contribution in [2.75, 3.05) is 13.2 Å². The molecule has 3 aliphatic rings. The van der Waals surface area contributed by atoms with E-state index in [1.807, 2.05) is 24.3 Å². The molecule has 2 heterocycles. The fraction of sp³-hybridized carbons (Fsp3) is 0.478. The zero-order valence-corrected chi connectivity index (χ0v) is 16.4. The van der Waals surface area contributed by atoms with Crippen LogP contribution in [0.4, 0.5) is 8.78 Å². The summed E-state index contributed by atoms with van der Waals surface area (Å²) in [6.07, 6.45) is 4.71. The third-order valence-corrected chi connectivity index (χ3v) is 7.41. The highest BCUT2D eigenvalue weighted by Gasteiger charge is 2.55. The van der Waals surface area contributed by atoms with Gasteiger partial charge in [-0.3, -0.25) is 0 Å². The Labute approximate surface area is 169 Å². The number of halogens is 3. The molecule has 0 unspecified atom stereocenters. The van der Waals surface area contributed by atoms with Gasteiger partial charge in [-0.15, -0.1) is 0 Å². The summed E-state index contributed by atoms with van der Waals surface area (Å²) >= 11 is 6.07. The van der Waals surface area contributed by atoms with Gasteiger partial charge in [0.1, 0.15) is 5.82 Å². The Kier molecular flexibility index (Phi) is 4.59. The van der Waals surface area contributed by atoms with Crippen LogP contribution in [0.15, 0.2) is 36.4 Å². The molecule has 2 aliphatic heterocycles. The zero-order valence-electron chi connectivity index (χ0n) is 15.7. The van der Waals surface area contributed by atoms with Crippen LogP contribution in [-0.2, 0) is 11.8 Å². The number of hydrogen-bond donors (Lipinski definition) is 1. The number of rotatable bonds is 2. The summed E-state index contributed by atoms with van der Waals surface area (Å²) in [7, 11) is 0. The van der Waals surface area contributed by atoms with Gasteiger partial charge in [0.25, 0.3) is 0 Å². The number of nitrogens with one attached hydrogen (secondary N) is 1. The molecule has 2 aromatic carbocycles. The van der Waals surface area contributed by atoms with Crippen LogP contribution in [0.3, 0.4) is 0 Å². The molecule has 1 aliphatic carbocycles. The van der Waals surface area contributed by atoms with Crippen molar-refractivity contribution in [3.8, 4) is 5.75 Å². The maximum Gasteiger partial charge on any atom is 0.165 e. The molecule has 2 fully saturated rings. The Morgan fingerprint density at radius 2 is 1.86 bits per heavy atom. The quantitative estimate of drug-likeness (QED) is 0.737. The lowest BCUT2D eigenvalue weighted by Gasteiger charge is -2.55. The third kappa shape index (κ3) is 2.84. The molecule has 0 spiro atoms. The van der Waals surface area contributed by atoms with Crippen molar-refractivity contribution in [1.82, 2.24) is 5.32 Å². The monoisotopic (exact) mass is 403 g/mol. The summed E-state index contributed by atoms with van der Waals surface area (Å²) in [5.74, 6) is -0.108. The summed E-state index contributed by atoms with van der Waals surface area (Å²) in [5, 5.41) is 4.33. The standard InChI is InChI=1S/C23H24ClF2NO/c24-15-5-3-14(4-6-15)12-23-10-9-20-16(2-1-11-27-20)17(23)13-28-22-19(26)8-7-18(25)21(22)23/h3-8,16-17,20,27H,1-2,9-13H2/t16-,17-,20+,23-/m0/s1. The van der Waals surface area contributed by atoms with Crippen LogP contribution in [0.25, 0.3) is 0 Å². The Morgan fingerprint density at radius 1 is 1.07 bits per heavy atom. The molecule has 0 amide bonds. The van der Waals surface area contributed by atoms with Crippen LogP contribution in [0.2, 0.25) is 5.02 Å². The van der Waals surface area contributed by atoms with Gasteiger partial charge in [-0.1, -0.05) is 23.7 Å². The van der Waals surface area contributed by atoms with E-state index >= 15 is 4.39 Å². The number of benzene rings is 2. The summed E-state index contributed by atoms with van der Waals surface area (Å²) in [5.41, 5.74) is 1.10. The molecule has 4 atom stereocenters. The molecule has 0 radical (unpaired) electrons. The molecular weight excluding hydrogens is 380 g/mol. The molecule has 148 valence electrons. The molecule has 0 bridgehead atoms. The number of piperidine rings is 1. The van der Waals surface area contributed by atoms with Gasteiger partial charge in [0, 0.05) is 28.0 Å². The maximum absolute atomic E-state index is 15.2. The lowest BCUT2D eigenvalue weighted by atomic mass is 9.53. The fourth-order valence-corrected chi connectivity index (χ4v) is 6.09. The molecule has 1 saturated carbocycles. The first-order chi connectivity index (χ1) is 13.6. The largest absolute Gasteiger partial charge is 0.490 e. The van der Waals surface area contributed by atoms with Crippen LogP contribution in [-0.4, -0.2) is 19.2 Å². The first-order valence-corrected chi connectivity index (χ1v) is 10.6. The van der Waals surface area contributed by atoms with E-state index in [0.29, 0.717) is 35.6 Å². The van der Waals surface area contributed by atoms with Gasteiger partial charge in [0.15, 0.2) is 11.6 Å². The minimum Gasteiger partial charge on any atom is -0.490 e. The SMILES string of the molecule is Fc1ccc(F)c2c1OC[C@H]1[C@@H]3CCCN[C@@H]3CC[C@@]21Cc1ccc(Cl)cc1. The normalized spacial score (nSPS) is 31.3. The second kappa shape index (κ2) is 7.00. The summed E-state index contributed by atoms with van der Waals surface area (Å²) < 4.78 is 35.6. The predicted octanol–water partition coefficient (Wildman–Crippen LogP) is 5.27. The van der Waals surface area contributed by atoms with Crippen LogP contribution in [0.5, 0.6) is 5.75 Å². The lowest BCUT2D eigenvalue weighted by molar-refractivity contribution is 0.000430. The number of fused-ring (bicyclic) bond motifs is 5. The summed E-state index contributed by atoms with van der Waals surface area (Å²) in [4.78, 5) is 0. The Balaban J connectivity index is 1.65. The molecule has 28 heavy (non-hydrogen) atoms. The van der Waals surface area contributed by atoms with Gasteiger partial charge in [-0.25, -0.2) is 8.78 Å². The molecule has 5 rings (SSSR count). The second-order valence-electron chi connectivity index (χ2n) is 8.52. The van der Waals surface area contributed by atoms with Crippen molar-refractivity contribution in [3.05, 3.63) is 64.2 Å². The highest BCUT2D eigenvalue weighted by Crippen LogP contribution is 2.56. The van der Waals surface area contributed by atoms with Gasteiger partial charge in [0.2, 0.25) is 0 Å². The van der Waals surface area contributed by atoms with Crippen molar-refractivity contribution in [2.45, 2.75) is 43.6 Å². The van der Waals surface area contributed by atoms with Gasteiger partial charge in [0.05, 0.1) is 6.61 Å². The van der Waals surface area contributed by atoms with Gasteiger partial charge in [-0.2, -0.15) is 0 Å². The Bertz CT molecular complexity index is 887. The van der Waals surface area contributed by atoms with E-state index in [4.69, 9.17) is 16.3 Å². The number of ether oxygens (including phenoxy) is 1. The van der Waals surface area contributed by atoms with E-state index in [0.717, 1.165) is 37.8 Å². The van der Waals surface area contributed by atoms with Gasteiger partial charge < -0.3 is 10.1 Å². The molecule has 5 heteroatoms. The first-order valence-electron chi connectivity index (χ1n) is 10.2. The predicted molar refractivity (Wildman–Crippen MR) is 106 cm³/mol. The van der Waals surface area contributed by atoms with E-state index < -0.39 is 11.2 Å². The van der Waals surface area contributed by atoms with Crippen LogP contribution in [0.1, 0.15) is 36.8 Å². The highest BCUT2D eigenvalue weighted by atomic mass is 35.5. The van der Waals surface area contributed by atoms with Crippen LogP contribution < -0.4 is 10.1 Å². The van der Waals surface area contributed by atoms with Gasteiger partial charge in [-0.05, 0) is 74.4 Å². The summed E-state index contributed by atoms with van der Waals surface area (Å²) in [6.45, 7) is 1.49. The minimum atomic E-state index is -0.464. The third-order valence-electron chi connectivity index (χ3n) is 7.16. The zero-order chi connectivity index (χ0) is 19.3. The Morgan fingerprint density at radius 3 is 2.68 bits per heavy atom. The van der Waals surface area contributed by atoms with Gasteiger partial charge >= 0.3 is 0 Å². The van der Waals surface area contributed by atoms with Crippen molar-refractivity contribution in [1.29, 1.82) is 0 Å². The lowest BCUT2D eigenvalue weighted by Crippen LogP contribution is -2.59.